The van der Waals surface area contributed by atoms with Gasteiger partial charge in [0.15, 0.2) is 5.96 Å². The normalized spacial score (nSPS) is 17.0. The maximum Gasteiger partial charge on any atom is 0.416 e. The number of alkyl halides is 6. The number of benzene rings is 3. The lowest BCUT2D eigenvalue weighted by Crippen LogP contribution is -2.49. The third-order valence-electron chi connectivity index (χ3n) is 6.52. The van der Waals surface area contributed by atoms with Crippen LogP contribution in [-0.2, 0) is 35.0 Å². The van der Waals surface area contributed by atoms with Crippen LogP contribution in [0.1, 0.15) is 40.8 Å². The third-order valence-corrected chi connectivity index (χ3v) is 6.75. The van der Waals surface area contributed by atoms with Crippen molar-refractivity contribution in [1.29, 1.82) is 0 Å². The highest BCUT2D eigenvalue weighted by Gasteiger charge is 2.38. The van der Waals surface area contributed by atoms with Gasteiger partial charge in [-0.05, 0) is 53.9 Å². The number of hydrogen-bond acceptors (Lipinski definition) is 3. The lowest BCUT2D eigenvalue weighted by molar-refractivity contribution is -0.139. The predicted octanol–water partition coefficient (Wildman–Crippen LogP) is 7.53. The van der Waals surface area contributed by atoms with E-state index in [1.807, 2.05) is 0 Å². The first-order valence-corrected chi connectivity index (χ1v) is 12.6. The van der Waals surface area contributed by atoms with Crippen molar-refractivity contribution in [3.63, 3.8) is 0 Å². The topological polar surface area (TPSA) is 53.9 Å². The van der Waals surface area contributed by atoms with Gasteiger partial charge in [-0.1, -0.05) is 54.1 Å². The first-order chi connectivity index (χ1) is 19.3. The first kappa shape index (κ1) is 30.0. The predicted molar refractivity (Wildman–Crippen MR) is 142 cm³/mol. The molecule has 0 bridgehead atoms. The number of aliphatic imine (C=N–C) groups is 1. The highest BCUT2D eigenvalue weighted by Crippen LogP contribution is 2.36. The average Bonchev–Trinajstić information content (AvgIpc) is 2.92. The number of allylic oxidation sites excluding steroid dienone is 1. The Morgan fingerprint density at radius 2 is 1.68 bits per heavy atom. The number of nitrogens with one attached hydrogen (secondary N) is 1. The fraction of sp³-hybridized carbons (Fsp3) is 0.241. The zero-order valence-electron chi connectivity index (χ0n) is 21.8. The second-order valence-electron chi connectivity index (χ2n) is 9.20. The van der Waals surface area contributed by atoms with E-state index >= 15 is 0 Å². The van der Waals surface area contributed by atoms with Gasteiger partial charge in [-0.3, -0.25) is 0 Å². The maximum atomic E-state index is 13.8. The summed E-state index contributed by atoms with van der Waals surface area (Å²) in [5.41, 5.74) is -0.704. The molecule has 1 aliphatic rings. The van der Waals surface area contributed by atoms with E-state index in [-0.39, 0.29) is 41.4 Å². The van der Waals surface area contributed by atoms with Crippen LogP contribution in [0.2, 0.25) is 5.02 Å². The van der Waals surface area contributed by atoms with Crippen molar-refractivity contribution in [2.75, 3.05) is 7.11 Å². The second kappa shape index (κ2) is 11.9. The van der Waals surface area contributed by atoms with Gasteiger partial charge in [-0.15, -0.1) is 0 Å². The van der Waals surface area contributed by atoms with E-state index in [1.165, 1.54) is 42.3 Å². The molecule has 0 saturated carbocycles. The molecular formula is C29H24ClF6N3O2. The number of guanidine groups is 1. The lowest BCUT2D eigenvalue weighted by atomic mass is 9.94. The van der Waals surface area contributed by atoms with Crippen LogP contribution < -0.4 is 5.32 Å². The minimum absolute atomic E-state index is 0.0505. The summed E-state index contributed by atoms with van der Waals surface area (Å²) in [5, 5.41) is 3.46. The smallest absolute Gasteiger partial charge is 0.416 e. The van der Waals surface area contributed by atoms with E-state index < -0.39 is 35.5 Å². The van der Waals surface area contributed by atoms with Gasteiger partial charge in [-0.2, -0.15) is 26.3 Å². The van der Waals surface area contributed by atoms with Gasteiger partial charge in [-0.25, -0.2) is 9.79 Å². The Morgan fingerprint density at radius 1 is 0.976 bits per heavy atom. The molecule has 216 valence electrons. The van der Waals surface area contributed by atoms with Crippen LogP contribution >= 0.6 is 11.6 Å². The summed E-state index contributed by atoms with van der Waals surface area (Å²) >= 11 is 6.19. The Kier molecular flexibility index (Phi) is 8.67. The molecule has 3 aromatic rings. The standard InChI is InChI=1S/C29H24ClF6N3O2/c1-17-24(26(40)41-2)25(19-9-6-11-22(30)14-19)38-27(37-15-18-7-5-10-21(13-18)28(31,32)33)39(17)16-20-8-3-4-12-23(20)29(34,35)36/h3-14,25H,15-16H2,1-2H3,(H,37,38). The molecule has 0 fully saturated rings. The van der Waals surface area contributed by atoms with Gasteiger partial charge in [0.25, 0.3) is 0 Å². The van der Waals surface area contributed by atoms with Crippen LogP contribution in [0.4, 0.5) is 26.3 Å². The molecule has 4 rings (SSSR count). The Labute approximate surface area is 237 Å². The molecule has 41 heavy (non-hydrogen) atoms. The maximum absolute atomic E-state index is 13.8. The Bertz CT molecular complexity index is 1500. The molecule has 1 N–H and O–H groups in total. The summed E-state index contributed by atoms with van der Waals surface area (Å²) < 4.78 is 86.3. The van der Waals surface area contributed by atoms with E-state index in [4.69, 9.17) is 16.3 Å². The van der Waals surface area contributed by atoms with Crippen molar-refractivity contribution in [2.24, 2.45) is 4.99 Å². The number of halogens is 7. The van der Waals surface area contributed by atoms with E-state index in [0.717, 1.165) is 18.2 Å². The molecule has 0 aliphatic carbocycles. The molecule has 0 amide bonds. The van der Waals surface area contributed by atoms with Crippen LogP contribution in [0.3, 0.4) is 0 Å². The van der Waals surface area contributed by atoms with Crippen LogP contribution in [0.15, 0.2) is 89.1 Å². The monoisotopic (exact) mass is 595 g/mol. The molecule has 1 heterocycles. The fourth-order valence-corrected chi connectivity index (χ4v) is 4.74. The highest BCUT2D eigenvalue weighted by atomic mass is 35.5. The Balaban J connectivity index is 1.85. The number of esters is 1. The van der Waals surface area contributed by atoms with Crippen molar-refractivity contribution in [3.05, 3.63) is 117 Å². The molecule has 12 heteroatoms. The van der Waals surface area contributed by atoms with Crippen molar-refractivity contribution in [1.82, 2.24) is 10.2 Å². The number of ether oxygens (including phenoxy) is 1. The summed E-state index contributed by atoms with van der Waals surface area (Å²) in [7, 11) is 1.18. The number of hydrogen-bond donors (Lipinski definition) is 1. The summed E-state index contributed by atoms with van der Waals surface area (Å²) in [4.78, 5) is 18.8. The second-order valence-corrected chi connectivity index (χ2v) is 9.64. The Morgan fingerprint density at radius 3 is 2.34 bits per heavy atom. The molecule has 1 aliphatic heterocycles. The van der Waals surface area contributed by atoms with Gasteiger partial charge >= 0.3 is 18.3 Å². The molecule has 1 unspecified atom stereocenters. The Hall–Kier alpha value is -3.99. The van der Waals surface area contributed by atoms with Gasteiger partial charge in [0.05, 0.1) is 42.9 Å². The number of carbonyl (C=O) groups excluding carboxylic acids is 1. The fourth-order valence-electron chi connectivity index (χ4n) is 4.55. The first-order valence-electron chi connectivity index (χ1n) is 12.2. The van der Waals surface area contributed by atoms with E-state index in [1.54, 1.807) is 31.2 Å². The highest BCUT2D eigenvalue weighted by molar-refractivity contribution is 6.30. The van der Waals surface area contributed by atoms with Crippen LogP contribution in [0.5, 0.6) is 0 Å². The van der Waals surface area contributed by atoms with Crippen LogP contribution in [-0.4, -0.2) is 23.9 Å². The molecule has 5 nitrogen and oxygen atoms in total. The largest absolute Gasteiger partial charge is 0.466 e. The van der Waals surface area contributed by atoms with Crippen molar-refractivity contribution < 1.29 is 35.9 Å². The number of rotatable bonds is 6. The third kappa shape index (κ3) is 6.84. The van der Waals surface area contributed by atoms with Gasteiger partial charge in [0.1, 0.15) is 0 Å². The van der Waals surface area contributed by atoms with E-state index in [2.05, 4.69) is 10.3 Å². The van der Waals surface area contributed by atoms with Gasteiger partial charge < -0.3 is 15.0 Å². The molecule has 0 spiro atoms. The van der Waals surface area contributed by atoms with Gasteiger partial charge in [0.2, 0.25) is 0 Å². The molecular weight excluding hydrogens is 572 g/mol. The molecule has 3 aromatic carbocycles. The summed E-state index contributed by atoms with van der Waals surface area (Å²) in [6.45, 7) is 0.964. The number of nitrogens with zero attached hydrogens (tertiary/aromatic N) is 2. The quantitative estimate of drug-likeness (QED) is 0.236. The van der Waals surface area contributed by atoms with Gasteiger partial charge in [0, 0.05) is 10.7 Å². The number of carbonyl (C=O) groups is 1. The summed E-state index contributed by atoms with van der Waals surface area (Å²) in [6, 6.07) is 15.3. The SMILES string of the molecule is COC(=O)C1=C(C)N(Cc2ccccc2C(F)(F)F)C(=NCc2cccc(C(F)(F)F)c2)NC1c1cccc(Cl)c1. The zero-order valence-corrected chi connectivity index (χ0v) is 22.5. The van der Waals surface area contributed by atoms with E-state index in [9.17, 15) is 31.1 Å². The molecule has 0 saturated heterocycles. The zero-order chi connectivity index (χ0) is 29.9. The van der Waals surface area contributed by atoms with E-state index in [0.29, 0.717) is 10.6 Å². The average molecular weight is 596 g/mol. The number of methoxy groups -OCH3 is 1. The molecule has 1 atom stereocenters. The summed E-state index contributed by atoms with van der Waals surface area (Å²) in [6.07, 6.45) is -9.22. The minimum atomic E-state index is -4.65. The molecule has 0 aromatic heterocycles. The lowest BCUT2D eigenvalue weighted by Gasteiger charge is -2.38. The summed E-state index contributed by atoms with van der Waals surface area (Å²) in [5.74, 6) is -0.680. The van der Waals surface area contributed by atoms with Crippen LogP contribution in [0, 0.1) is 0 Å². The molecule has 0 radical (unpaired) electrons. The van der Waals surface area contributed by atoms with Crippen molar-refractivity contribution >= 4 is 23.5 Å². The van der Waals surface area contributed by atoms with Crippen molar-refractivity contribution in [2.45, 2.75) is 38.4 Å². The van der Waals surface area contributed by atoms with Crippen LogP contribution in [0.25, 0.3) is 0 Å². The van der Waals surface area contributed by atoms with Crippen molar-refractivity contribution in [3.8, 4) is 0 Å². The minimum Gasteiger partial charge on any atom is -0.466 e.